The Morgan fingerprint density at radius 1 is 1.55 bits per heavy atom. The molecule has 8 heteroatoms. The van der Waals surface area contributed by atoms with E-state index < -0.39 is 10.0 Å². The molecule has 1 fully saturated rings. The summed E-state index contributed by atoms with van der Waals surface area (Å²) in [4.78, 5) is 0. The summed E-state index contributed by atoms with van der Waals surface area (Å²) in [5, 5.41) is 15.5. The second-order valence-electron chi connectivity index (χ2n) is 5.75. The third-order valence-corrected chi connectivity index (χ3v) is 5.65. The van der Waals surface area contributed by atoms with Crippen molar-refractivity contribution in [2.45, 2.75) is 51.0 Å². The van der Waals surface area contributed by atoms with Crippen LogP contribution in [0.25, 0.3) is 0 Å². The van der Waals surface area contributed by atoms with Crippen LogP contribution in [0.2, 0.25) is 0 Å². The molecule has 114 valence electrons. The average molecular weight is 303 g/mol. The third-order valence-electron chi connectivity index (χ3n) is 4.21. The van der Waals surface area contributed by atoms with E-state index in [0.717, 1.165) is 0 Å². The molecule has 2 rings (SSSR count). The van der Waals surface area contributed by atoms with E-state index in [-0.39, 0.29) is 29.2 Å². The van der Waals surface area contributed by atoms with Crippen LogP contribution in [-0.2, 0) is 21.4 Å². The van der Waals surface area contributed by atoms with E-state index in [1.54, 1.807) is 14.0 Å². The Hall–Kier alpha value is -0.960. The van der Waals surface area contributed by atoms with Gasteiger partial charge in [0.15, 0.2) is 5.03 Å². The first kappa shape index (κ1) is 15.4. The summed E-state index contributed by atoms with van der Waals surface area (Å²) in [5.74, 6) is 0. The minimum absolute atomic E-state index is 0.0356. The van der Waals surface area contributed by atoms with Gasteiger partial charge in [-0.1, -0.05) is 13.8 Å². The molecule has 7 nitrogen and oxygen atoms in total. The third kappa shape index (κ3) is 2.37. The summed E-state index contributed by atoms with van der Waals surface area (Å²) < 4.78 is 32.7. The van der Waals surface area contributed by atoms with E-state index in [2.05, 4.69) is 14.9 Å². The molecule has 2 atom stereocenters. The summed E-state index contributed by atoms with van der Waals surface area (Å²) in [6.45, 7) is 5.22. The fraction of sp³-hybridized carbons (Fsp3) is 0.750. The number of aryl methyl sites for hydroxylation is 1. The smallest absolute Gasteiger partial charge is 0.260 e. The van der Waals surface area contributed by atoms with Gasteiger partial charge in [0.25, 0.3) is 10.0 Å². The molecule has 1 aliphatic carbocycles. The summed E-state index contributed by atoms with van der Waals surface area (Å²) in [6.07, 6.45) is 0.661. The monoisotopic (exact) mass is 303 g/mol. The Bertz CT molecular complexity index is 594. The number of aromatic amines is 1. The Balaban J connectivity index is 2.21. The molecular formula is C12H21N3O4S. The number of hydrogen-bond donors (Lipinski definition) is 3. The number of H-pyrrole nitrogens is 1. The topological polar surface area (TPSA) is 104 Å². The van der Waals surface area contributed by atoms with Crippen LogP contribution in [0, 0.1) is 12.3 Å². The highest BCUT2D eigenvalue weighted by molar-refractivity contribution is 7.89. The number of rotatable bonds is 5. The van der Waals surface area contributed by atoms with Crippen molar-refractivity contribution in [3.05, 3.63) is 11.3 Å². The Kier molecular flexibility index (Phi) is 3.94. The van der Waals surface area contributed by atoms with E-state index in [1.807, 2.05) is 13.8 Å². The Labute approximate surface area is 118 Å². The second-order valence-corrected chi connectivity index (χ2v) is 7.37. The van der Waals surface area contributed by atoms with Gasteiger partial charge in [-0.3, -0.25) is 5.10 Å². The lowest BCUT2D eigenvalue weighted by atomic mass is 9.65. The van der Waals surface area contributed by atoms with Crippen LogP contribution >= 0.6 is 0 Å². The van der Waals surface area contributed by atoms with E-state index in [4.69, 9.17) is 4.74 Å². The fourth-order valence-corrected chi connectivity index (χ4v) is 4.16. The van der Waals surface area contributed by atoms with Gasteiger partial charge in [0.2, 0.25) is 0 Å². The molecule has 1 aromatic heterocycles. The fourth-order valence-electron chi connectivity index (χ4n) is 2.57. The van der Waals surface area contributed by atoms with Gasteiger partial charge in [0.05, 0.1) is 12.7 Å². The molecule has 0 aliphatic heterocycles. The highest BCUT2D eigenvalue weighted by Crippen LogP contribution is 2.43. The molecule has 0 saturated heterocycles. The Morgan fingerprint density at radius 2 is 2.20 bits per heavy atom. The normalized spacial score (nSPS) is 25.4. The number of aromatic nitrogens is 2. The summed E-state index contributed by atoms with van der Waals surface area (Å²) >= 11 is 0. The summed E-state index contributed by atoms with van der Waals surface area (Å²) in [6, 6.07) is -0.207. The van der Waals surface area contributed by atoms with Crippen molar-refractivity contribution in [3.8, 4) is 0 Å². The number of hydrogen-bond acceptors (Lipinski definition) is 5. The van der Waals surface area contributed by atoms with Crippen molar-refractivity contribution in [2.24, 2.45) is 5.41 Å². The van der Waals surface area contributed by atoms with E-state index >= 15 is 0 Å². The minimum atomic E-state index is -3.75. The average Bonchev–Trinajstić information content (AvgIpc) is 2.75. The molecule has 2 unspecified atom stereocenters. The van der Waals surface area contributed by atoms with Crippen LogP contribution in [0.4, 0.5) is 0 Å². The molecule has 3 N–H and O–H groups in total. The lowest BCUT2D eigenvalue weighted by Crippen LogP contribution is -2.61. The zero-order valence-corrected chi connectivity index (χ0v) is 12.9. The van der Waals surface area contributed by atoms with Crippen molar-refractivity contribution in [2.75, 3.05) is 7.11 Å². The molecule has 0 spiro atoms. The summed E-state index contributed by atoms with van der Waals surface area (Å²) in [7, 11) is -2.13. The number of nitrogens with one attached hydrogen (secondary N) is 2. The minimum Gasteiger partial charge on any atom is -0.392 e. The lowest BCUT2D eigenvalue weighted by Gasteiger charge is -2.50. The standard InChI is InChI=1S/C12H21N3O4S/c1-7-8(6-16)11(14-13-7)20(17,18)15-9-5-10(19-4)12(9,2)3/h9-10,15-16H,5-6H2,1-4H3,(H,13,14). The van der Waals surface area contributed by atoms with Gasteiger partial charge in [0.1, 0.15) is 0 Å². The highest BCUT2D eigenvalue weighted by atomic mass is 32.2. The maximum absolute atomic E-state index is 12.4. The predicted octanol–water partition coefficient (Wildman–Crippen LogP) is 0.302. The molecule has 1 aliphatic rings. The first-order valence-corrected chi connectivity index (χ1v) is 7.92. The van der Waals surface area contributed by atoms with Gasteiger partial charge in [-0.2, -0.15) is 5.10 Å². The van der Waals surface area contributed by atoms with Gasteiger partial charge in [-0.05, 0) is 13.3 Å². The molecule has 20 heavy (non-hydrogen) atoms. The number of methoxy groups -OCH3 is 1. The largest absolute Gasteiger partial charge is 0.392 e. The van der Waals surface area contributed by atoms with Crippen molar-refractivity contribution >= 4 is 10.0 Å². The number of ether oxygens (including phenoxy) is 1. The number of aliphatic hydroxyl groups excluding tert-OH is 1. The van der Waals surface area contributed by atoms with Gasteiger partial charge >= 0.3 is 0 Å². The number of sulfonamides is 1. The van der Waals surface area contributed by atoms with Crippen molar-refractivity contribution in [1.82, 2.24) is 14.9 Å². The zero-order chi connectivity index (χ0) is 15.1. The van der Waals surface area contributed by atoms with Crippen molar-refractivity contribution in [1.29, 1.82) is 0 Å². The maximum Gasteiger partial charge on any atom is 0.260 e. The zero-order valence-electron chi connectivity index (χ0n) is 12.1. The van der Waals surface area contributed by atoms with Crippen LogP contribution in [0.15, 0.2) is 5.03 Å². The predicted molar refractivity (Wildman–Crippen MR) is 72.6 cm³/mol. The SMILES string of the molecule is COC1CC(NS(=O)(=O)c2n[nH]c(C)c2CO)C1(C)C. The number of nitrogens with zero attached hydrogens (tertiary/aromatic N) is 1. The van der Waals surface area contributed by atoms with E-state index in [0.29, 0.717) is 17.7 Å². The molecule has 0 radical (unpaired) electrons. The molecule has 0 bridgehead atoms. The van der Waals surface area contributed by atoms with Crippen LogP contribution in [0.1, 0.15) is 31.5 Å². The Morgan fingerprint density at radius 3 is 2.70 bits per heavy atom. The van der Waals surface area contributed by atoms with Crippen LogP contribution in [0.3, 0.4) is 0 Å². The van der Waals surface area contributed by atoms with Crippen LogP contribution < -0.4 is 4.72 Å². The number of aliphatic hydroxyl groups is 1. The molecule has 0 amide bonds. The first-order valence-electron chi connectivity index (χ1n) is 6.44. The molecule has 1 heterocycles. The molecule has 1 aromatic rings. The maximum atomic E-state index is 12.4. The van der Waals surface area contributed by atoms with Crippen molar-refractivity contribution in [3.63, 3.8) is 0 Å². The van der Waals surface area contributed by atoms with Gasteiger partial charge in [-0.25, -0.2) is 13.1 Å². The van der Waals surface area contributed by atoms with Crippen LogP contribution in [0.5, 0.6) is 0 Å². The second kappa shape index (κ2) is 5.10. The lowest BCUT2D eigenvalue weighted by molar-refractivity contribution is -0.0908. The molecule has 1 saturated carbocycles. The summed E-state index contributed by atoms with van der Waals surface area (Å²) in [5.41, 5.74) is 0.584. The van der Waals surface area contributed by atoms with Gasteiger partial charge < -0.3 is 9.84 Å². The van der Waals surface area contributed by atoms with Crippen molar-refractivity contribution < 1.29 is 18.3 Å². The quantitative estimate of drug-likeness (QED) is 0.726. The van der Waals surface area contributed by atoms with Crippen LogP contribution in [-0.4, -0.2) is 43.0 Å². The first-order chi connectivity index (χ1) is 9.24. The van der Waals surface area contributed by atoms with Gasteiger partial charge in [-0.15, -0.1) is 0 Å². The van der Waals surface area contributed by atoms with Gasteiger partial charge in [0, 0.05) is 29.8 Å². The van der Waals surface area contributed by atoms with E-state index in [1.165, 1.54) is 0 Å². The highest BCUT2D eigenvalue weighted by Gasteiger charge is 2.50. The molecular weight excluding hydrogens is 282 g/mol. The molecule has 0 aromatic carbocycles. The van der Waals surface area contributed by atoms with E-state index in [9.17, 15) is 13.5 Å².